The molecule has 0 aromatic heterocycles. The summed E-state index contributed by atoms with van der Waals surface area (Å²) in [6.07, 6.45) is 5.23. The van der Waals surface area contributed by atoms with Crippen LogP contribution in [0.4, 0.5) is 0 Å². The molecule has 1 aliphatic heterocycles. The van der Waals surface area contributed by atoms with Crippen LogP contribution in [0.2, 0.25) is 0 Å². The van der Waals surface area contributed by atoms with Crippen LogP contribution < -0.4 is 10.6 Å². The van der Waals surface area contributed by atoms with E-state index in [0.29, 0.717) is 5.92 Å². The number of halogens is 1. The molecule has 24 heavy (non-hydrogen) atoms. The molecule has 1 heterocycles. The third-order valence-electron chi connectivity index (χ3n) is 4.56. The first kappa shape index (κ1) is 21.2. The van der Waals surface area contributed by atoms with Gasteiger partial charge in [0.15, 0.2) is 5.96 Å². The summed E-state index contributed by atoms with van der Waals surface area (Å²) in [7, 11) is 1.84. The molecule has 2 N–H and O–H groups in total. The van der Waals surface area contributed by atoms with Gasteiger partial charge in [-0.05, 0) is 56.8 Å². The fraction of sp³-hybridized carbons (Fsp3) is 0.632. The maximum Gasteiger partial charge on any atom is 0.190 e. The summed E-state index contributed by atoms with van der Waals surface area (Å²) in [5.41, 5.74) is 1.36. The lowest BCUT2D eigenvalue weighted by atomic mass is 10.0. The van der Waals surface area contributed by atoms with Gasteiger partial charge in [0.05, 0.1) is 0 Å². The Kier molecular flexibility index (Phi) is 11.1. The van der Waals surface area contributed by atoms with Crippen LogP contribution in [0.5, 0.6) is 0 Å². The second-order valence-corrected chi connectivity index (χ2v) is 6.45. The van der Waals surface area contributed by atoms with Crippen molar-refractivity contribution in [2.75, 3.05) is 39.8 Å². The highest BCUT2D eigenvalue weighted by Gasteiger charge is 2.10. The highest BCUT2D eigenvalue weighted by Crippen LogP contribution is 2.12. The maximum atomic E-state index is 4.31. The Labute approximate surface area is 164 Å². The van der Waals surface area contributed by atoms with Gasteiger partial charge in [0, 0.05) is 20.1 Å². The smallest absolute Gasteiger partial charge is 0.190 e. The van der Waals surface area contributed by atoms with Gasteiger partial charge in [0.1, 0.15) is 0 Å². The van der Waals surface area contributed by atoms with Gasteiger partial charge in [0.2, 0.25) is 0 Å². The van der Waals surface area contributed by atoms with E-state index in [1.807, 2.05) is 7.05 Å². The van der Waals surface area contributed by atoms with Crippen LogP contribution in [0.15, 0.2) is 35.3 Å². The van der Waals surface area contributed by atoms with Crippen molar-refractivity contribution in [3.8, 4) is 0 Å². The van der Waals surface area contributed by atoms with Crippen molar-refractivity contribution in [1.29, 1.82) is 0 Å². The zero-order chi connectivity index (χ0) is 16.3. The van der Waals surface area contributed by atoms with Crippen LogP contribution >= 0.6 is 24.0 Å². The number of rotatable bonds is 8. The molecule has 136 valence electrons. The number of hydrogen-bond donors (Lipinski definition) is 2. The zero-order valence-electron chi connectivity index (χ0n) is 15.1. The van der Waals surface area contributed by atoms with Crippen molar-refractivity contribution >= 4 is 29.9 Å². The highest BCUT2D eigenvalue weighted by atomic mass is 127. The van der Waals surface area contributed by atoms with Crippen molar-refractivity contribution in [3.05, 3.63) is 35.9 Å². The van der Waals surface area contributed by atoms with E-state index in [2.05, 4.69) is 57.8 Å². The number of nitrogens with zero attached hydrogens (tertiary/aromatic N) is 2. The lowest BCUT2D eigenvalue weighted by molar-refractivity contribution is 0.330. The van der Waals surface area contributed by atoms with Crippen molar-refractivity contribution in [1.82, 2.24) is 15.5 Å². The number of nitrogens with one attached hydrogen (secondary N) is 2. The topological polar surface area (TPSA) is 39.7 Å². The van der Waals surface area contributed by atoms with Gasteiger partial charge in [-0.2, -0.15) is 0 Å². The first-order chi connectivity index (χ1) is 11.3. The minimum atomic E-state index is 0. The zero-order valence-corrected chi connectivity index (χ0v) is 17.5. The van der Waals surface area contributed by atoms with Crippen LogP contribution in [0.1, 0.15) is 44.1 Å². The third-order valence-corrected chi connectivity index (χ3v) is 4.56. The summed E-state index contributed by atoms with van der Waals surface area (Å²) in [5.74, 6) is 1.39. The molecule has 1 aromatic carbocycles. The van der Waals surface area contributed by atoms with Gasteiger partial charge in [-0.25, -0.2) is 0 Å². The Morgan fingerprint density at radius 2 is 1.83 bits per heavy atom. The van der Waals surface area contributed by atoms with E-state index < -0.39 is 0 Å². The minimum absolute atomic E-state index is 0. The standard InChI is InChI=1S/C19H32N4.HI/c1-17(18-10-4-3-5-11-18)16-22-19(20-2)21-12-6-7-13-23-14-8-9-15-23;/h3-5,10-11,17H,6-9,12-16H2,1-2H3,(H2,20,21,22);1H. The molecular formula is C19H33IN4. The van der Waals surface area contributed by atoms with Crippen LogP contribution in [0, 0.1) is 0 Å². The Hall–Kier alpha value is -0.820. The molecule has 5 heteroatoms. The summed E-state index contributed by atoms with van der Waals surface area (Å²) in [6, 6.07) is 10.6. The van der Waals surface area contributed by atoms with Crippen LogP contribution in [0.3, 0.4) is 0 Å². The fourth-order valence-corrected chi connectivity index (χ4v) is 3.04. The number of benzene rings is 1. The molecule has 4 nitrogen and oxygen atoms in total. The van der Waals surface area contributed by atoms with Crippen molar-refractivity contribution < 1.29 is 0 Å². The molecular weight excluding hydrogens is 411 g/mol. The number of hydrogen-bond acceptors (Lipinski definition) is 2. The fourth-order valence-electron chi connectivity index (χ4n) is 3.04. The van der Waals surface area contributed by atoms with E-state index >= 15 is 0 Å². The molecule has 1 aromatic rings. The molecule has 2 rings (SSSR count). The summed E-state index contributed by atoms with van der Waals surface area (Å²) >= 11 is 0. The average Bonchev–Trinajstić information content (AvgIpc) is 3.11. The van der Waals surface area contributed by atoms with Gasteiger partial charge >= 0.3 is 0 Å². The van der Waals surface area contributed by atoms with E-state index in [4.69, 9.17) is 0 Å². The summed E-state index contributed by atoms with van der Waals surface area (Å²) in [4.78, 5) is 6.89. The van der Waals surface area contributed by atoms with E-state index in [9.17, 15) is 0 Å². The Morgan fingerprint density at radius 3 is 2.50 bits per heavy atom. The number of aliphatic imine (C=N–C) groups is 1. The lowest BCUT2D eigenvalue weighted by Gasteiger charge is -2.17. The van der Waals surface area contributed by atoms with Gasteiger partial charge < -0.3 is 15.5 Å². The molecule has 0 radical (unpaired) electrons. The Balaban J connectivity index is 0.00000288. The maximum absolute atomic E-state index is 4.31. The van der Waals surface area contributed by atoms with Crippen molar-refractivity contribution in [2.45, 2.75) is 38.5 Å². The Morgan fingerprint density at radius 1 is 1.12 bits per heavy atom. The predicted molar refractivity (Wildman–Crippen MR) is 115 cm³/mol. The minimum Gasteiger partial charge on any atom is -0.356 e. The molecule has 1 unspecified atom stereocenters. The van der Waals surface area contributed by atoms with E-state index in [-0.39, 0.29) is 24.0 Å². The summed E-state index contributed by atoms with van der Waals surface area (Å²) < 4.78 is 0. The van der Waals surface area contributed by atoms with Gasteiger partial charge in [-0.3, -0.25) is 4.99 Å². The largest absolute Gasteiger partial charge is 0.356 e. The summed E-state index contributed by atoms with van der Waals surface area (Å²) in [5, 5.41) is 6.85. The quantitative estimate of drug-likeness (QED) is 0.279. The van der Waals surface area contributed by atoms with Gasteiger partial charge in [-0.15, -0.1) is 24.0 Å². The lowest BCUT2D eigenvalue weighted by Crippen LogP contribution is -2.39. The molecule has 0 spiro atoms. The average molecular weight is 444 g/mol. The van der Waals surface area contributed by atoms with E-state index in [0.717, 1.165) is 19.0 Å². The first-order valence-electron chi connectivity index (χ1n) is 9.01. The Bertz CT molecular complexity index is 458. The van der Waals surface area contributed by atoms with Crippen molar-refractivity contribution in [2.24, 2.45) is 4.99 Å². The number of likely N-dealkylation sites (tertiary alicyclic amines) is 1. The molecule has 1 aliphatic rings. The SMILES string of the molecule is CN=C(NCCCCN1CCCC1)NCC(C)c1ccccc1.I. The second-order valence-electron chi connectivity index (χ2n) is 6.45. The van der Waals surface area contributed by atoms with E-state index in [1.165, 1.54) is 50.9 Å². The predicted octanol–water partition coefficient (Wildman–Crippen LogP) is 3.45. The number of unbranched alkanes of at least 4 members (excludes halogenated alkanes) is 1. The molecule has 1 fully saturated rings. The molecule has 1 atom stereocenters. The molecule has 0 aliphatic carbocycles. The number of guanidine groups is 1. The molecule has 0 amide bonds. The van der Waals surface area contributed by atoms with Crippen LogP contribution in [-0.2, 0) is 0 Å². The van der Waals surface area contributed by atoms with Gasteiger partial charge in [-0.1, -0.05) is 37.3 Å². The highest BCUT2D eigenvalue weighted by molar-refractivity contribution is 14.0. The van der Waals surface area contributed by atoms with Gasteiger partial charge in [0.25, 0.3) is 0 Å². The normalized spacial score (nSPS) is 16.5. The van der Waals surface area contributed by atoms with Crippen LogP contribution in [0.25, 0.3) is 0 Å². The van der Waals surface area contributed by atoms with Crippen molar-refractivity contribution in [3.63, 3.8) is 0 Å². The third kappa shape index (κ3) is 7.83. The molecule has 1 saturated heterocycles. The first-order valence-corrected chi connectivity index (χ1v) is 9.01. The van der Waals surface area contributed by atoms with Crippen LogP contribution in [-0.4, -0.2) is 50.6 Å². The van der Waals surface area contributed by atoms with E-state index in [1.54, 1.807) is 0 Å². The molecule has 0 bridgehead atoms. The second kappa shape index (κ2) is 12.5. The molecule has 0 saturated carbocycles. The monoisotopic (exact) mass is 444 g/mol. The summed E-state index contributed by atoms with van der Waals surface area (Å²) in [6.45, 7) is 7.98.